The average Bonchev–Trinajstić information content (AvgIpc) is 2.52. The fourth-order valence-corrected chi connectivity index (χ4v) is 4.71. The van der Waals surface area contributed by atoms with E-state index < -0.39 is 32.5 Å². The molecule has 8 nitrogen and oxygen atoms in total. The summed E-state index contributed by atoms with van der Waals surface area (Å²) in [4.78, 5) is 34.8. The van der Waals surface area contributed by atoms with Crippen molar-refractivity contribution in [3.63, 3.8) is 0 Å². The van der Waals surface area contributed by atoms with Crippen LogP contribution in [0.4, 0.5) is 0 Å². The maximum Gasteiger partial charge on any atom is 0.742 e. The Morgan fingerprint density at radius 1 is 1.08 bits per heavy atom. The molecule has 2 rings (SSSR count). The second kappa shape index (κ2) is 7.46. The van der Waals surface area contributed by atoms with E-state index in [2.05, 4.69) is 0 Å². The van der Waals surface area contributed by atoms with E-state index in [1.54, 1.807) is 18.2 Å². The summed E-state index contributed by atoms with van der Waals surface area (Å²) in [6, 6.07) is 4.81. The van der Waals surface area contributed by atoms with Crippen LogP contribution in [-0.2, 0) is 39.0 Å². The van der Waals surface area contributed by atoms with E-state index in [1.807, 2.05) is 13.8 Å². The monoisotopic (exact) mass is 382 g/mol. The van der Waals surface area contributed by atoms with Gasteiger partial charge in [-0.2, -0.15) is 0 Å². The summed E-state index contributed by atoms with van der Waals surface area (Å²) >= 11 is 0. The van der Waals surface area contributed by atoms with E-state index in [4.69, 9.17) is 22.8 Å². The van der Waals surface area contributed by atoms with Crippen molar-refractivity contribution in [1.29, 1.82) is 0 Å². The van der Waals surface area contributed by atoms with Crippen molar-refractivity contribution in [2.45, 2.75) is 53.4 Å². The molecule has 0 N–H and O–H groups in total. The summed E-state index contributed by atoms with van der Waals surface area (Å²) in [6.07, 6.45) is 0.654. The standard InChI is InChI=1S/C17H22O8Si/c1-6-17(5)21-10-14-9-15(7-8-16(14)22-17)26(23-11(2)18,24-12(3)19)25-13(4)20/h7-9H,6,10H2,1-5H3. The van der Waals surface area contributed by atoms with Crippen molar-refractivity contribution in [3.8, 4) is 5.75 Å². The van der Waals surface area contributed by atoms with Crippen LogP contribution in [0.15, 0.2) is 18.2 Å². The Morgan fingerprint density at radius 3 is 2.08 bits per heavy atom. The lowest BCUT2D eigenvalue weighted by molar-refractivity contribution is -0.194. The minimum absolute atomic E-state index is 0.248. The number of hydrogen-bond donors (Lipinski definition) is 0. The van der Waals surface area contributed by atoms with Crippen molar-refractivity contribution >= 4 is 31.9 Å². The van der Waals surface area contributed by atoms with Gasteiger partial charge in [0.15, 0.2) is 0 Å². The number of rotatable bonds is 5. The zero-order valence-electron chi connectivity index (χ0n) is 15.4. The summed E-state index contributed by atoms with van der Waals surface area (Å²) < 4.78 is 27.3. The molecular formula is C17H22O8Si. The Bertz CT molecular complexity index is 691. The first-order chi connectivity index (χ1) is 12.1. The van der Waals surface area contributed by atoms with Crippen LogP contribution < -0.4 is 9.92 Å². The van der Waals surface area contributed by atoms with Crippen LogP contribution in [0.2, 0.25) is 0 Å². The predicted molar refractivity (Wildman–Crippen MR) is 91.2 cm³/mol. The molecule has 1 aliphatic heterocycles. The van der Waals surface area contributed by atoms with Crippen LogP contribution >= 0.6 is 0 Å². The maximum absolute atomic E-state index is 11.6. The highest BCUT2D eigenvalue weighted by Gasteiger charge is 2.55. The van der Waals surface area contributed by atoms with Gasteiger partial charge in [-0.3, -0.25) is 14.4 Å². The molecule has 1 unspecified atom stereocenters. The molecule has 0 radical (unpaired) electrons. The van der Waals surface area contributed by atoms with Crippen LogP contribution in [-0.4, -0.2) is 32.5 Å². The lowest BCUT2D eigenvalue weighted by atomic mass is 10.1. The largest absolute Gasteiger partial charge is 0.742 e. The Hall–Kier alpha value is -2.39. The van der Waals surface area contributed by atoms with Crippen molar-refractivity contribution < 1.29 is 37.1 Å². The second-order valence-electron chi connectivity index (χ2n) is 6.04. The third-order valence-corrected chi connectivity index (χ3v) is 6.44. The number of ether oxygens (including phenoxy) is 2. The highest BCUT2D eigenvalue weighted by molar-refractivity contribution is 6.79. The Balaban J connectivity index is 2.49. The van der Waals surface area contributed by atoms with E-state index in [0.717, 1.165) is 20.8 Å². The minimum Gasteiger partial charge on any atom is -0.462 e. The number of carbonyl (C=O) groups is 3. The summed E-state index contributed by atoms with van der Waals surface area (Å²) in [6.45, 7) is 7.46. The molecule has 0 fully saturated rings. The summed E-state index contributed by atoms with van der Waals surface area (Å²) in [5.74, 6) is -2.33. The topological polar surface area (TPSA) is 97.4 Å². The first-order valence-electron chi connectivity index (χ1n) is 8.14. The van der Waals surface area contributed by atoms with Crippen LogP contribution in [0.5, 0.6) is 5.75 Å². The molecule has 0 aromatic heterocycles. The van der Waals surface area contributed by atoms with Crippen LogP contribution in [0.1, 0.15) is 46.6 Å². The van der Waals surface area contributed by atoms with E-state index in [-0.39, 0.29) is 11.8 Å². The van der Waals surface area contributed by atoms with Gasteiger partial charge in [-0.1, -0.05) is 6.92 Å². The van der Waals surface area contributed by atoms with E-state index in [1.165, 1.54) is 0 Å². The SMILES string of the molecule is CCC1(C)OCc2cc([Si](OC(C)=O)(OC(C)=O)OC(C)=O)ccc2O1. The maximum atomic E-state index is 11.6. The third kappa shape index (κ3) is 4.41. The number of fused-ring (bicyclic) bond motifs is 1. The quantitative estimate of drug-likeness (QED) is 0.708. The van der Waals surface area contributed by atoms with Crippen molar-refractivity contribution in [2.75, 3.05) is 0 Å². The zero-order chi connectivity index (χ0) is 19.5. The van der Waals surface area contributed by atoms with Crippen LogP contribution in [0.25, 0.3) is 0 Å². The van der Waals surface area contributed by atoms with Crippen molar-refractivity contribution in [3.05, 3.63) is 23.8 Å². The molecule has 0 saturated carbocycles. The molecule has 9 heteroatoms. The molecule has 1 heterocycles. The number of hydrogen-bond acceptors (Lipinski definition) is 8. The second-order valence-corrected chi connectivity index (χ2v) is 8.34. The number of carbonyl (C=O) groups excluding carboxylic acids is 3. The van der Waals surface area contributed by atoms with Gasteiger partial charge in [0.2, 0.25) is 5.79 Å². The summed E-state index contributed by atoms with van der Waals surface area (Å²) in [5.41, 5.74) is 0.664. The molecule has 0 aliphatic carbocycles. The van der Waals surface area contributed by atoms with Gasteiger partial charge in [0.1, 0.15) is 5.75 Å². The molecule has 1 atom stereocenters. The van der Waals surface area contributed by atoms with Crippen LogP contribution in [0.3, 0.4) is 0 Å². The molecule has 0 amide bonds. The van der Waals surface area contributed by atoms with Gasteiger partial charge in [0.25, 0.3) is 17.9 Å². The van der Waals surface area contributed by atoms with Gasteiger partial charge in [-0.15, -0.1) is 0 Å². The molecule has 1 aromatic rings. The van der Waals surface area contributed by atoms with Gasteiger partial charge in [-0.25, -0.2) is 0 Å². The van der Waals surface area contributed by atoms with Gasteiger partial charge in [0.05, 0.1) is 11.8 Å². The summed E-state index contributed by atoms with van der Waals surface area (Å²) in [5, 5.41) is 0.282. The molecular weight excluding hydrogens is 360 g/mol. The first-order valence-corrected chi connectivity index (χ1v) is 9.87. The lowest BCUT2D eigenvalue weighted by Crippen LogP contribution is -2.59. The molecule has 26 heavy (non-hydrogen) atoms. The fourth-order valence-electron chi connectivity index (χ4n) is 2.46. The van der Waals surface area contributed by atoms with Crippen molar-refractivity contribution in [2.24, 2.45) is 0 Å². The smallest absolute Gasteiger partial charge is 0.462 e. The molecule has 142 valence electrons. The Labute approximate surface area is 152 Å². The van der Waals surface area contributed by atoms with Crippen LogP contribution in [0, 0.1) is 0 Å². The van der Waals surface area contributed by atoms with Gasteiger partial charge >= 0.3 is 8.80 Å². The zero-order valence-corrected chi connectivity index (χ0v) is 16.4. The number of benzene rings is 1. The average molecular weight is 382 g/mol. The molecule has 1 aromatic carbocycles. The highest BCUT2D eigenvalue weighted by Crippen LogP contribution is 2.33. The molecule has 0 spiro atoms. The van der Waals surface area contributed by atoms with Gasteiger partial charge in [0, 0.05) is 39.7 Å². The third-order valence-electron chi connectivity index (χ3n) is 3.75. The van der Waals surface area contributed by atoms with E-state index in [9.17, 15) is 14.4 Å². The van der Waals surface area contributed by atoms with Gasteiger partial charge < -0.3 is 22.8 Å². The normalized spacial score (nSPS) is 19.0. The summed E-state index contributed by atoms with van der Waals surface area (Å²) in [7, 11) is -4.12. The Morgan fingerprint density at radius 2 is 1.62 bits per heavy atom. The van der Waals surface area contributed by atoms with Crippen molar-refractivity contribution in [1.82, 2.24) is 0 Å². The molecule has 0 bridgehead atoms. The fraction of sp³-hybridized carbons (Fsp3) is 0.471. The minimum atomic E-state index is -4.12. The van der Waals surface area contributed by atoms with E-state index >= 15 is 0 Å². The molecule has 1 aliphatic rings. The lowest BCUT2D eigenvalue weighted by Gasteiger charge is -2.35. The Kier molecular flexibility index (Phi) is 5.72. The van der Waals surface area contributed by atoms with Gasteiger partial charge in [-0.05, 0) is 18.2 Å². The first kappa shape index (κ1) is 19.9. The predicted octanol–water partition coefficient (Wildman–Crippen LogP) is 1.56. The highest BCUT2D eigenvalue weighted by atomic mass is 28.4. The molecule has 0 saturated heterocycles. The van der Waals surface area contributed by atoms with E-state index in [0.29, 0.717) is 17.7 Å².